The topological polar surface area (TPSA) is 138 Å². The zero-order valence-corrected chi connectivity index (χ0v) is 18.5. The van der Waals surface area contributed by atoms with E-state index in [-0.39, 0.29) is 17.6 Å². The van der Waals surface area contributed by atoms with Gasteiger partial charge in [0.2, 0.25) is 11.1 Å². The van der Waals surface area contributed by atoms with E-state index in [1.54, 1.807) is 38.6 Å². The van der Waals surface area contributed by atoms with Gasteiger partial charge in [0.1, 0.15) is 17.2 Å². The summed E-state index contributed by atoms with van der Waals surface area (Å²) in [6, 6.07) is 12.5. The van der Waals surface area contributed by atoms with Crippen LogP contribution in [0.1, 0.15) is 5.56 Å². The molecule has 1 heterocycles. The van der Waals surface area contributed by atoms with Crippen molar-refractivity contribution in [3.63, 3.8) is 0 Å². The number of thioether (sulfide) groups is 1. The normalized spacial score (nSPS) is 10.7. The minimum absolute atomic E-state index is 0.0557. The number of rotatable bonds is 10. The van der Waals surface area contributed by atoms with Crippen LogP contribution in [0.4, 0.5) is 11.6 Å². The molecule has 0 fully saturated rings. The van der Waals surface area contributed by atoms with E-state index in [1.165, 1.54) is 11.8 Å². The first kappa shape index (κ1) is 22.7. The van der Waals surface area contributed by atoms with Crippen molar-refractivity contribution in [2.45, 2.75) is 5.16 Å². The third-order valence-electron chi connectivity index (χ3n) is 4.18. The van der Waals surface area contributed by atoms with E-state index in [1.807, 2.05) is 24.3 Å². The molecule has 0 saturated carbocycles. The highest BCUT2D eigenvalue weighted by atomic mass is 32.2. The fourth-order valence-electron chi connectivity index (χ4n) is 2.61. The Kier molecular flexibility index (Phi) is 7.75. The maximum absolute atomic E-state index is 12.4. The number of carbonyl (C=O) groups excluding carboxylic acids is 1. The van der Waals surface area contributed by atoms with E-state index >= 15 is 0 Å². The number of nitrogens with two attached hydrogens (primary N) is 1. The quantitative estimate of drug-likeness (QED) is 0.181. The number of nitrogens with one attached hydrogen (secondary N) is 2. The molecule has 0 aliphatic heterocycles. The summed E-state index contributed by atoms with van der Waals surface area (Å²) in [4.78, 5) is 12.4. The minimum atomic E-state index is -0.270. The van der Waals surface area contributed by atoms with Crippen molar-refractivity contribution in [1.82, 2.24) is 14.9 Å². The van der Waals surface area contributed by atoms with E-state index in [0.717, 1.165) is 17.3 Å². The Hall–Kier alpha value is -3.93. The smallest absolute Gasteiger partial charge is 0.264 e. The molecule has 32 heavy (non-hydrogen) atoms. The van der Waals surface area contributed by atoms with Crippen molar-refractivity contribution in [3.05, 3.63) is 48.0 Å². The van der Waals surface area contributed by atoms with E-state index in [0.29, 0.717) is 28.1 Å². The number of nitrogens with zero attached hydrogens (tertiary/aromatic N) is 4. The first-order chi connectivity index (χ1) is 15.5. The lowest BCUT2D eigenvalue weighted by Gasteiger charge is -2.11. The Morgan fingerprint density at radius 2 is 1.91 bits per heavy atom. The van der Waals surface area contributed by atoms with Crippen LogP contribution < -0.4 is 30.8 Å². The average Bonchev–Trinajstić information content (AvgIpc) is 3.17. The number of aromatic nitrogens is 3. The predicted octanol–water partition coefficient (Wildman–Crippen LogP) is 2.19. The Morgan fingerprint density at radius 1 is 1.12 bits per heavy atom. The number of anilines is 2. The summed E-state index contributed by atoms with van der Waals surface area (Å²) in [5, 5.41) is 15.2. The van der Waals surface area contributed by atoms with Crippen LogP contribution in [-0.4, -0.2) is 54.1 Å². The maximum Gasteiger partial charge on any atom is 0.264 e. The summed E-state index contributed by atoms with van der Waals surface area (Å²) in [7, 11) is 4.65. The number of hydrogen-bond acceptors (Lipinski definition) is 10. The summed E-state index contributed by atoms with van der Waals surface area (Å²) in [6.45, 7) is 0. The van der Waals surface area contributed by atoms with Crippen molar-refractivity contribution in [2.24, 2.45) is 5.10 Å². The first-order valence-corrected chi connectivity index (χ1v) is 10.3. The van der Waals surface area contributed by atoms with Gasteiger partial charge < -0.3 is 25.4 Å². The Bertz CT molecular complexity index is 1100. The highest BCUT2D eigenvalue weighted by Crippen LogP contribution is 2.29. The maximum atomic E-state index is 12.4. The largest absolute Gasteiger partial charge is 0.497 e. The predicted molar refractivity (Wildman–Crippen MR) is 123 cm³/mol. The molecule has 0 unspecified atom stereocenters. The van der Waals surface area contributed by atoms with Crippen LogP contribution in [0, 0.1) is 0 Å². The number of para-hydroxylation sites is 1. The van der Waals surface area contributed by atoms with Crippen molar-refractivity contribution < 1.29 is 19.0 Å². The lowest BCUT2D eigenvalue weighted by molar-refractivity contribution is -0.113. The lowest BCUT2D eigenvalue weighted by atomic mass is 10.2. The molecule has 2 aromatic carbocycles. The molecular formula is C20H23N7O4S. The number of hydrogen-bond donors (Lipinski definition) is 3. The first-order valence-electron chi connectivity index (χ1n) is 9.33. The van der Waals surface area contributed by atoms with Gasteiger partial charge in [0, 0.05) is 11.6 Å². The Balaban J connectivity index is 1.58. The number of hydrazone groups is 1. The number of methoxy groups -OCH3 is 3. The second-order valence-electron chi connectivity index (χ2n) is 6.19. The fraction of sp³-hybridized carbons (Fsp3) is 0.200. The van der Waals surface area contributed by atoms with Gasteiger partial charge in [-0.15, -0.1) is 10.2 Å². The summed E-state index contributed by atoms with van der Waals surface area (Å²) < 4.78 is 16.9. The minimum Gasteiger partial charge on any atom is -0.497 e. The molecule has 4 N–H and O–H groups in total. The Morgan fingerprint density at radius 3 is 2.66 bits per heavy atom. The van der Waals surface area contributed by atoms with Crippen LogP contribution >= 0.6 is 11.8 Å². The lowest BCUT2D eigenvalue weighted by Crippen LogP contribution is -2.17. The molecule has 3 aromatic rings. The van der Waals surface area contributed by atoms with Gasteiger partial charge in [-0.3, -0.25) is 4.79 Å². The van der Waals surface area contributed by atoms with E-state index in [9.17, 15) is 4.79 Å². The monoisotopic (exact) mass is 457 g/mol. The molecule has 0 spiro atoms. The van der Waals surface area contributed by atoms with Gasteiger partial charge in [0.25, 0.3) is 5.95 Å². The van der Waals surface area contributed by atoms with Crippen molar-refractivity contribution in [3.8, 4) is 17.2 Å². The second-order valence-corrected chi connectivity index (χ2v) is 7.13. The van der Waals surface area contributed by atoms with Gasteiger partial charge in [-0.05, 0) is 24.3 Å². The van der Waals surface area contributed by atoms with Crippen LogP contribution in [0.3, 0.4) is 0 Å². The summed E-state index contributed by atoms with van der Waals surface area (Å²) in [5.41, 5.74) is 4.00. The molecule has 3 rings (SSSR count). The SMILES string of the molecule is COc1ccc(OC)c(NC(=O)CSc2nnc(N/N=C/c3ccccc3OC)n2N)c1. The molecule has 168 valence electrons. The molecule has 11 nitrogen and oxygen atoms in total. The van der Waals surface area contributed by atoms with Gasteiger partial charge in [-0.25, -0.2) is 10.1 Å². The molecule has 12 heteroatoms. The van der Waals surface area contributed by atoms with Crippen LogP contribution in [0.2, 0.25) is 0 Å². The fourth-order valence-corrected chi connectivity index (χ4v) is 3.27. The third kappa shape index (κ3) is 5.60. The second kappa shape index (κ2) is 10.9. The summed E-state index contributed by atoms with van der Waals surface area (Å²) in [6.07, 6.45) is 1.58. The highest BCUT2D eigenvalue weighted by molar-refractivity contribution is 7.99. The number of carbonyl (C=O) groups is 1. The van der Waals surface area contributed by atoms with Crippen molar-refractivity contribution in [1.29, 1.82) is 0 Å². The molecule has 1 amide bonds. The van der Waals surface area contributed by atoms with Gasteiger partial charge in [0.15, 0.2) is 0 Å². The van der Waals surface area contributed by atoms with Gasteiger partial charge in [0.05, 0.1) is 39.0 Å². The molecule has 1 aromatic heterocycles. The van der Waals surface area contributed by atoms with Crippen LogP contribution in [-0.2, 0) is 4.79 Å². The molecular weight excluding hydrogens is 434 g/mol. The number of ether oxygens (including phenoxy) is 3. The number of nitrogen functional groups attached to an aromatic ring is 1. The molecule has 0 aliphatic carbocycles. The molecule has 0 radical (unpaired) electrons. The van der Waals surface area contributed by atoms with E-state index < -0.39 is 0 Å². The number of amides is 1. The molecule has 0 saturated heterocycles. The van der Waals surface area contributed by atoms with Crippen molar-refractivity contribution in [2.75, 3.05) is 43.7 Å². The van der Waals surface area contributed by atoms with Gasteiger partial charge in [-0.2, -0.15) is 5.10 Å². The highest BCUT2D eigenvalue weighted by Gasteiger charge is 2.14. The van der Waals surface area contributed by atoms with Crippen LogP contribution in [0.25, 0.3) is 0 Å². The third-order valence-corrected chi connectivity index (χ3v) is 5.13. The standard InChI is InChI=1S/C20H23N7O4S/c1-29-14-8-9-17(31-3)15(10-14)23-18(28)12-32-20-26-25-19(27(20)21)24-22-11-13-6-4-5-7-16(13)30-2/h4-11H,12,21H2,1-3H3,(H,23,28)(H,24,25)/b22-11+. The van der Waals surface area contributed by atoms with Gasteiger partial charge in [-0.1, -0.05) is 23.9 Å². The van der Waals surface area contributed by atoms with E-state index in [2.05, 4.69) is 26.0 Å². The van der Waals surface area contributed by atoms with Crippen molar-refractivity contribution >= 4 is 35.5 Å². The zero-order chi connectivity index (χ0) is 22.9. The summed E-state index contributed by atoms with van der Waals surface area (Å²) >= 11 is 1.12. The zero-order valence-electron chi connectivity index (χ0n) is 17.7. The number of benzene rings is 2. The molecule has 0 aliphatic rings. The molecule has 0 atom stereocenters. The molecule has 0 bridgehead atoms. The van der Waals surface area contributed by atoms with Crippen LogP contribution in [0.5, 0.6) is 17.2 Å². The summed E-state index contributed by atoms with van der Waals surface area (Å²) in [5.74, 6) is 7.80. The van der Waals surface area contributed by atoms with Crippen LogP contribution in [0.15, 0.2) is 52.7 Å². The Labute approximate surface area is 188 Å². The van der Waals surface area contributed by atoms with E-state index in [4.69, 9.17) is 20.1 Å². The van der Waals surface area contributed by atoms with Gasteiger partial charge >= 0.3 is 0 Å². The average molecular weight is 458 g/mol.